The zero-order chi connectivity index (χ0) is 15.6. The van der Waals surface area contributed by atoms with Gasteiger partial charge in [0, 0.05) is 24.0 Å². The molecule has 0 saturated carbocycles. The Morgan fingerprint density at radius 1 is 1.19 bits per heavy atom. The van der Waals surface area contributed by atoms with Crippen molar-refractivity contribution in [3.63, 3.8) is 0 Å². The minimum Gasteiger partial charge on any atom is -0.365 e. The number of rotatable bonds is 4. The van der Waals surface area contributed by atoms with Gasteiger partial charge >= 0.3 is 6.18 Å². The largest absolute Gasteiger partial charge is 0.416 e. The summed E-state index contributed by atoms with van der Waals surface area (Å²) >= 11 is 1.31. The minimum absolute atomic E-state index is 0.116. The number of hydrogen-bond donors (Lipinski definition) is 2. The first kappa shape index (κ1) is 15.7. The highest BCUT2D eigenvalue weighted by Crippen LogP contribution is 2.36. The van der Waals surface area contributed by atoms with Crippen LogP contribution < -0.4 is 10.6 Å². The van der Waals surface area contributed by atoms with E-state index >= 15 is 0 Å². The van der Waals surface area contributed by atoms with Gasteiger partial charge in [0.1, 0.15) is 5.82 Å². The van der Waals surface area contributed by atoms with Crippen LogP contribution in [0.3, 0.4) is 0 Å². The molecular weight excluding hydrogens is 306 g/mol. The molecular formula is C13H13F4N3S. The molecule has 0 spiro atoms. The Hall–Kier alpha value is -1.67. The summed E-state index contributed by atoms with van der Waals surface area (Å²) in [5.74, 6) is -0.936. The van der Waals surface area contributed by atoms with E-state index in [4.69, 9.17) is 0 Å². The average molecular weight is 319 g/mol. The molecule has 2 aromatic rings. The molecule has 0 saturated heterocycles. The van der Waals surface area contributed by atoms with Gasteiger partial charge in [-0.15, -0.1) is 11.3 Å². The number of hydrogen-bond acceptors (Lipinski definition) is 4. The zero-order valence-corrected chi connectivity index (χ0v) is 12.1. The summed E-state index contributed by atoms with van der Waals surface area (Å²) in [6, 6.07) is 2.45. The number of aromatic nitrogens is 1. The van der Waals surface area contributed by atoms with Gasteiger partial charge in [-0.25, -0.2) is 9.37 Å². The molecule has 3 nitrogen and oxygen atoms in total. The highest BCUT2D eigenvalue weighted by atomic mass is 32.1. The Morgan fingerprint density at radius 2 is 1.90 bits per heavy atom. The number of nitrogens with zero attached hydrogens (tertiary/aromatic N) is 1. The molecule has 1 aromatic heterocycles. The van der Waals surface area contributed by atoms with E-state index in [-0.39, 0.29) is 5.56 Å². The predicted octanol–water partition coefficient (Wildman–Crippen LogP) is 3.73. The molecule has 0 aliphatic rings. The van der Waals surface area contributed by atoms with Gasteiger partial charge in [-0.05, 0) is 25.2 Å². The molecule has 0 atom stereocenters. The zero-order valence-electron chi connectivity index (χ0n) is 11.3. The van der Waals surface area contributed by atoms with Crippen molar-refractivity contribution in [3.05, 3.63) is 34.5 Å². The summed E-state index contributed by atoms with van der Waals surface area (Å²) in [6.07, 6.45) is -4.60. The fraction of sp³-hybridized carbons (Fsp3) is 0.308. The van der Waals surface area contributed by atoms with Crippen LogP contribution in [0.4, 0.5) is 22.7 Å². The van der Waals surface area contributed by atoms with Crippen molar-refractivity contribution in [2.75, 3.05) is 19.4 Å². The Balaban J connectivity index is 2.55. The summed E-state index contributed by atoms with van der Waals surface area (Å²) in [6.45, 7) is 0.437. The van der Waals surface area contributed by atoms with Gasteiger partial charge in [0.25, 0.3) is 0 Å². The number of alkyl halides is 3. The first-order valence-corrected chi connectivity index (χ1v) is 6.87. The number of halogens is 4. The topological polar surface area (TPSA) is 37.0 Å². The molecule has 0 unspecified atom stereocenters. The monoisotopic (exact) mass is 319 g/mol. The standard InChI is InChI=1S/C13H13F4N3S/c1-18-6-10-11(20-12(19-2)21-10)7-3-8(13(15,16)17)5-9(14)4-7/h3-5,18H,6H2,1-2H3,(H,19,20). The number of anilines is 1. The molecule has 1 aromatic carbocycles. The summed E-state index contributed by atoms with van der Waals surface area (Å²) in [5.41, 5.74) is -0.555. The summed E-state index contributed by atoms with van der Waals surface area (Å²) in [7, 11) is 3.38. The molecule has 21 heavy (non-hydrogen) atoms. The molecule has 2 rings (SSSR count). The molecule has 114 valence electrons. The second-order valence-corrected chi connectivity index (χ2v) is 5.38. The van der Waals surface area contributed by atoms with E-state index in [9.17, 15) is 17.6 Å². The number of nitrogens with one attached hydrogen (secondary N) is 2. The fourth-order valence-electron chi connectivity index (χ4n) is 1.85. The first-order valence-electron chi connectivity index (χ1n) is 6.05. The van der Waals surface area contributed by atoms with Crippen molar-refractivity contribution in [2.45, 2.75) is 12.7 Å². The molecule has 0 fully saturated rings. The Kier molecular flexibility index (Phi) is 4.48. The molecule has 1 heterocycles. The van der Waals surface area contributed by atoms with Gasteiger partial charge in [0.2, 0.25) is 0 Å². The average Bonchev–Trinajstić information content (AvgIpc) is 2.81. The van der Waals surface area contributed by atoms with Gasteiger partial charge in [0.15, 0.2) is 5.13 Å². The van der Waals surface area contributed by atoms with E-state index in [0.717, 1.165) is 17.0 Å². The highest BCUT2D eigenvalue weighted by molar-refractivity contribution is 7.16. The maximum atomic E-state index is 13.5. The van der Waals surface area contributed by atoms with Crippen LogP contribution in [-0.2, 0) is 12.7 Å². The molecule has 0 aliphatic heterocycles. The number of benzene rings is 1. The second kappa shape index (κ2) is 5.98. The van der Waals surface area contributed by atoms with Crippen molar-refractivity contribution in [2.24, 2.45) is 0 Å². The minimum atomic E-state index is -4.60. The van der Waals surface area contributed by atoms with E-state index in [2.05, 4.69) is 15.6 Å². The van der Waals surface area contributed by atoms with E-state index in [0.29, 0.717) is 23.4 Å². The van der Waals surface area contributed by atoms with E-state index in [1.807, 2.05) is 0 Å². The summed E-state index contributed by atoms with van der Waals surface area (Å²) in [4.78, 5) is 4.95. The summed E-state index contributed by atoms with van der Waals surface area (Å²) < 4.78 is 51.8. The lowest BCUT2D eigenvalue weighted by molar-refractivity contribution is -0.137. The van der Waals surface area contributed by atoms with Crippen LogP contribution in [-0.4, -0.2) is 19.1 Å². The lowest BCUT2D eigenvalue weighted by Crippen LogP contribution is -2.07. The van der Waals surface area contributed by atoms with Crippen molar-refractivity contribution >= 4 is 16.5 Å². The maximum Gasteiger partial charge on any atom is 0.416 e. The lowest BCUT2D eigenvalue weighted by atomic mass is 10.1. The Bertz CT molecular complexity index is 637. The van der Waals surface area contributed by atoms with Crippen LogP contribution in [0.25, 0.3) is 11.3 Å². The quantitative estimate of drug-likeness (QED) is 0.843. The van der Waals surface area contributed by atoms with Crippen LogP contribution in [0, 0.1) is 5.82 Å². The first-order chi connectivity index (χ1) is 9.85. The summed E-state index contributed by atoms with van der Waals surface area (Å²) in [5, 5.41) is 6.32. The highest BCUT2D eigenvalue weighted by Gasteiger charge is 2.32. The maximum absolute atomic E-state index is 13.5. The van der Waals surface area contributed by atoms with Gasteiger partial charge in [-0.1, -0.05) is 0 Å². The van der Waals surface area contributed by atoms with E-state index in [1.165, 1.54) is 11.3 Å². The van der Waals surface area contributed by atoms with Crippen LogP contribution in [0.5, 0.6) is 0 Å². The second-order valence-electron chi connectivity index (χ2n) is 4.30. The Morgan fingerprint density at radius 3 is 2.48 bits per heavy atom. The third kappa shape index (κ3) is 3.51. The Labute approximate surface area is 123 Å². The normalized spacial score (nSPS) is 11.7. The van der Waals surface area contributed by atoms with Crippen molar-refractivity contribution in [3.8, 4) is 11.3 Å². The molecule has 0 bridgehead atoms. The molecule has 0 radical (unpaired) electrons. The van der Waals surface area contributed by atoms with Crippen molar-refractivity contribution < 1.29 is 17.6 Å². The van der Waals surface area contributed by atoms with E-state index < -0.39 is 17.6 Å². The van der Waals surface area contributed by atoms with E-state index in [1.54, 1.807) is 14.1 Å². The molecule has 0 aliphatic carbocycles. The van der Waals surface area contributed by atoms with Crippen LogP contribution in [0.1, 0.15) is 10.4 Å². The molecule has 2 N–H and O–H groups in total. The van der Waals surface area contributed by atoms with Gasteiger partial charge in [-0.2, -0.15) is 13.2 Å². The lowest BCUT2D eigenvalue weighted by Gasteiger charge is -2.09. The number of thiazole rings is 1. The van der Waals surface area contributed by atoms with Gasteiger partial charge in [0.05, 0.1) is 11.3 Å². The van der Waals surface area contributed by atoms with Gasteiger partial charge < -0.3 is 10.6 Å². The molecule has 0 amide bonds. The smallest absolute Gasteiger partial charge is 0.365 e. The van der Waals surface area contributed by atoms with Crippen LogP contribution in [0.2, 0.25) is 0 Å². The van der Waals surface area contributed by atoms with Gasteiger partial charge in [-0.3, -0.25) is 0 Å². The SMILES string of the molecule is CNCc1sc(NC)nc1-c1cc(F)cc(C(F)(F)F)c1. The van der Waals surface area contributed by atoms with Crippen molar-refractivity contribution in [1.29, 1.82) is 0 Å². The fourth-order valence-corrected chi connectivity index (χ4v) is 2.80. The predicted molar refractivity (Wildman–Crippen MR) is 74.8 cm³/mol. The third-order valence-corrected chi connectivity index (χ3v) is 3.82. The van der Waals surface area contributed by atoms with Crippen molar-refractivity contribution in [1.82, 2.24) is 10.3 Å². The molecule has 8 heteroatoms. The van der Waals surface area contributed by atoms with Crippen LogP contribution in [0.15, 0.2) is 18.2 Å². The third-order valence-electron chi connectivity index (χ3n) is 2.75. The van der Waals surface area contributed by atoms with Crippen LogP contribution >= 0.6 is 11.3 Å².